The number of primary amides is 1. The van der Waals surface area contributed by atoms with E-state index in [4.69, 9.17) is 10.3 Å². The van der Waals surface area contributed by atoms with Gasteiger partial charge in [0.05, 0.1) is 11.7 Å². The van der Waals surface area contributed by atoms with E-state index in [2.05, 4.69) is 10.1 Å². The molecule has 132 valence electrons. The van der Waals surface area contributed by atoms with Gasteiger partial charge in [0.1, 0.15) is 11.3 Å². The summed E-state index contributed by atoms with van der Waals surface area (Å²) < 4.78 is 5.24. The van der Waals surface area contributed by atoms with Gasteiger partial charge in [-0.1, -0.05) is 12.1 Å². The summed E-state index contributed by atoms with van der Waals surface area (Å²) in [6, 6.07) is 0.201. The normalized spacial score (nSPS) is 22.9. The fourth-order valence-electron chi connectivity index (χ4n) is 4.02. The smallest absolute Gasteiger partial charge is 0.259 e. The summed E-state index contributed by atoms with van der Waals surface area (Å²) in [5.41, 5.74) is 6.80. The van der Waals surface area contributed by atoms with E-state index in [0.717, 1.165) is 32.2 Å². The molecule has 2 aliphatic rings. The summed E-state index contributed by atoms with van der Waals surface area (Å²) in [5, 5.41) is 3.93. The van der Waals surface area contributed by atoms with Gasteiger partial charge in [-0.3, -0.25) is 14.5 Å². The lowest BCUT2D eigenvalue weighted by molar-refractivity contribution is -0.123. The van der Waals surface area contributed by atoms with Gasteiger partial charge >= 0.3 is 0 Å². The molecular weight excluding hydrogens is 308 g/mol. The van der Waals surface area contributed by atoms with Crippen molar-refractivity contribution in [3.05, 3.63) is 17.0 Å². The number of amides is 2. The van der Waals surface area contributed by atoms with Crippen molar-refractivity contribution in [2.75, 3.05) is 19.6 Å². The highest BCUT2D eigenvalue weighted by atomic mass is 16.5. The molecule has 1 atom stereocenters. The van der Waals surface area contributed by atoms with Crippen LogP contribution in [0.4, 0.5) is 0 Å². The Kier molecular flexibility index (Phi) is 4.89. The topological polar surface area (TPSA) is 92.7 Å². The quantitative estimate of drug-likeness (QED) is 0.890. The molecule has 0 bridgehead atoms. The zero-order chi connectivity index (χ0) is 17.3. The van der Waals surface area contributed by atoms with E-state index in [-0.39, 0.29) is 17.9 Å². The molecule has 0 radical (unpaired) electrons. The Hall–Kier alpha value is -1.89. The SMILES string of the molecule is CCc1onc(C)c1C(=O)N1CCC(N2CCC[C@@H]2C(N)=O)CC1. The summed E-state index contributed by atoms with van der Waals surface area (Å²) >= 11 is 0. The second-order valence-electron chi connectivity index (χ2n) is 6.74. The third kappa shape index (κ3) is 3.05. The fraction of sp³-hybridized carbons (Fsp3) is 0.706. The zero-order valence-electron chi connectivity index (χ0n) is 14.5. The Labute approximate surface area is 142 Å². The van der Waals surface area contributed by atoms with Crippen LogP contribution in [0.3, 0.4) is 0 Å². The summed E-state index contributed by atoms with van der Waals surface area (Å²) in [6.07, 6.45) is 4.29. The number of hydrogen-bond acceptors (Lipinski definition) is 5. The minimum absolute atomic E-state index is 0.0110. The number of hydrogen-bond donors (Lipinski definition) is 1. The lowest BCUT2D eigenvalue weighted by atomic mass is 10.0. The van der Waals surface area contributed by atoms with Crippen molar-refractivity contribution in [3.8, 4) is 0 Å². The van der Waals surface area contributed by atoms with Crippen molar-refractivity contribution < 1.29 is 14.1 Å². The maximum Gasteiger partial charge on any atom is 0.259 e. The summed E-state index contributed by atoms with van der Waals surface area (Å²) in [4.78, 5) is 28.5. The maximum atomic E-state index is 12.8. The van der Waals surface area contributed by atoms with Crippen molar-refractivity contribution in [2.45, 2.75) is 58.0 Å². The molecule has 3 rings (SSSR count). The van der Waals surface area contributed by atoms with Crippen LogP contribution in [-0.2, 0) is 11.2 Å². The standard InChI is InChI=1S/C17H26N4O3/c1-3-14-15(11(2)19-24-14)17(23)20-9-6-12(7-10-20)21-8-4-5-13(21)16(18)22/h12-13H,3-10H2,1-2H3,(H2,18,22)/t13-/m1/s1. The molecule has 0 unspecified atom stereocenters. The van der Waals surface area contributed by atoms with Crippen LogP contribution in [0.1, 0.15) is 54.4 Å². The van der Waals surface area contributed by atoms with Gasteiger partial charge in [-0.25, -0.2) is 0 Å². The molecule has 1 aromatic heterocycles. The first-order valence-corrected chi connectivity index (χ1v) is 8.82. The van der Waals surface area contributed by atoms with Gasteiger partial charge in [0, 0.05) is 25.6 Å². The number of aryl methyl sites for hydroxylation is 2. The van der Waals surface area contributed by atoms with Crippen LogP contribution < -0.4 is 5.73 Å². The average molecular weight is 334 g/mol. The number of nitrogens with zero attached hydrogens (tertiary/aromatic N) is 3. The second-order valence-corrected chi connectivity index (χ2v) is 6.74. The molecule has 0 aromatic carbocycles. The number of aromatic nitrogens is 1. The van der Waals surface area contributed by atoms with E-state index >= 15 is 0 Å². The third-order valence-corrected chi connectivity index (χ3v) is 5.31. The monoisotopic (exact) mass is 334 g/mol. The fourth-order valence-corrected chi connectivity index (χ4v) is 4.02. The van der Waals surface area contributed by atoms with Gasteiger partial charge in [-0.05, 0) is 39.2 Å². The number of carbonyl (C=O) groups excluding carboxylic acids is 2. The molecule has 7 heteroatoms. The summed E-state index contributed by atoms with van der Waals surface area (Å²) in [7, 11) is 0. The summed E-state index contributed by atoms with van der Waals surface area (Å²) in [5.74, 6) is 0.448. The van der Waals surface area contributed by atoms with Gasteiger partial charge in [-0.15, -0.1) is 0 Å². The molecule has 2 saturated heterocycles. The van der Waals surface area contributed by atoms with Crippen LogP contribution in [0.25, 0.3) is 0 Å². The molecule has 2 N–H and O–H groups in total. The predicted octanol–water partition coefficient (Wildman–Crippen LogP) is 1.10. The zero-order valence-corrected chi connectivity index (χ0v) is 14.5. The molecule has 2 aliphatic heterocycles. The van der Waals surface area contributed by atoms with Crippen molar-refractivity contribution in [3.63, 3.8) is 0 Å². The van der Waals surface area contributed by atoms with Crippen LogP contribution >= 0.6 is 0 Å². The van der Waals surface area contributed by atoms with Crippen molar-refractivity contribution in [1.82, 2.24) is 15.0 Å². The lowest BCUT2D eigenvalue weighted by Gasteiger charge is -2.38. The Balaban J connectivity index is 1.64. The lowest BCUT2D eigenvalue weighted by Crippen LogP contribution is -2.51. The van der Waals surface area contributed by atoms with Crippen molar-refractivity contribution in [2.24, 2.45) is 5.73 Å². The van der Waals surface area contributed by atoms with Crippen LogP contribution in [-0.4, -0.2) is 58.5 Å². The number of likely N-dealkylation sites (tertiary alicyclic amines) is 2. The van der Waals surface area contributed by atoms with E-state index in [9.17, 15) is 9.59 Å². The van der Waals surface area contributed by atoms with Gasteiger partial charge in [-0.2, -0.15) is 0 Å². The highest BCUT2D eigenvalue weighted by Gasteiger charge is 2.37. The van der Waals surface area contributed by atoms with Gasteiger partial charge < -0.3 is 15.2 Å². The number of rotatable bonds is 4. The molecule has 0 aliphatic carbocycles. The Morgan fingerprint density at radius 3 is 2.58 bits per heavy atom. The second kappa shape index (κ2) is 6.93. The van der Waals surface area contributed by atoms with Crippen molar-refractivity contribution in [1.29, 1.82) is 0 Å². The molecule has 0 spiro atoms. The Morgan fingerprint density at radius 1 is 1.25 bits per heavy atom. The molecule has 3 heterocycles. The molecule has 1 aromatic rings. The van der Waals surface area contributed by atoms with Gasteiger partial charge in [0.25, 0.3) is 5.91 Å². The molecule has 2 amide bonds. The number of nitrogens with two attached hydrogens (primary N) is 1. The van der Waals surface area contributed by atoms with E-state index in [0.29, 0.717) is 42.6 Å². The average Bonchev–Trinajstić information content (AvgIpc) is 3.21. The third-order valence-electron chi connectivity index (χ3n) is 5.31. The highest BCUT2D eigenvalue weighted by Crippen LogP contribution is 2.27. The molecule has 24 heavy (non-hydrogen) atoms. The van der Waals surface area contributed by atoms with E-state index in [1.54, 1.807) is 0 Å². The first-order chi connectivity index (χ1) is 11.5. The molecule has 7 nitrogen and oxygen atoms in total. The predicted molar refractivity (Wildman–Crippen MR) is 88.5 cm³/mol. The van der Waals surface area contributed by atoms with E-state index in [1.165, 1.54) is 0 Å². The Morgan fingerprint density at radius 2 is 1.96 bits per heavy atom. The summed E-state index contributed by atoms with van der Waals surface area (Å²) in [6.45, 7) is 6.08. The van der Waals surface area contributed by atoms with Crippen molar-refractivity contribution >= 4 is 11.8 Å². The van der Waals surface area contributed by atoms with Crippen LogP contribution in [0.2, 0.25) is 0 Å². The molecule has 0 saturated carbocycles. The highest BCUT2D eigenvalue weighted by molar-refractivity contribution is 5.96. The Bertz CT molecular complexity index is 619. The molecule has 2 fully saturated rings. The maximum absolute atomic E-state index is 12.8. The van der Waals surface area contributed by atoms with Crippen LogP contribution in [0.15, 0.2) is 4.52 Å². The largest absolute Gasteiger partial charge is 0.368 e. The molecular formula is C17H26N4O3. The minimum Gasteiger partial charge on any atom is -0.368 e. The van der Waals surface area contributed by atoms with E-state index in [1.807, 2.05) is 18.7 Å². The van der Waals surface area contributed by atoms with Crippen LogP contribution in [0, 0.1) is 6.92 Å². The van der Waals surface area contributed by atoms with Gasteiger partial charge in [0.15, 0.2) is 0 Å². The first-order valence-electron chi connectivity index (χ1n) is 8.82. The van der Waals surface area contributed by atoms with Crippen LogP contribution in [0.5, 0.6) is 0 Å². The number of carbonyl (C=O) groups is 2. The van der Waals surface area contributed by atoms with Gasteiger partial charge in [0.2, 0.25) is 5.91 Å². The first kappa shape index (κ1) is 17.0. The number of piperidine rings is 1. The minimum atomic E-state index is -0.223. The van der Waals surface area contributed by atoms with E-state index < -0.39 is 0 Å².